The Labute approximate surface area is 122 Å². The first-order chi connectivity index (χ1) is 8.77. The van der Waals surface area contributed by atoms with Gasteiger partial charge in [0.2, 0.25) is 0 Å². The van der Waals surface area contributed by atoms with E-state index in [0.29, 0.717) is 19.6 Å². The van der Waals surface area contributed by atoms with Gasteiger partial charge >= 0.3 is 5.97 Å². The van der Waals surface area contributed by atoms with Gasteiger partial charge in [-0.05, 0) is 50.5 Å². The minimum Gasteiger partial charge on any atom is -0.481 e. The molecule has 19 heavy (non-hydrogen) atoms. The van der Waals surface area contributed by atoms with Gasteiger partial charge in [-0.25, -0.2) is 0 Å². The van der Waals surface area contributed by atoms with Crippen molar-refractivity contribution in [1.29, 1.82) is 0 Å². The molecule has 4 heteroatoms. The molecule has 1 fully saturated rings. The van der Waals surface area contributed by atoms with E-state index in [-0.39, 0.29) is 5.41 Å². The van der Waals surface area contributed by atoms with Gasteiger partial charge in [0, 0.05) is 9.89 Å². The fourth-order valence-corrected chi connectivity index (χ4v) is 3.15. The van der Waals surface area contributed by atoms with Crippen molar-refractivity contribution < 1.29 is 14.6 Å². The number of hydrogen-bond acceptors (Lipinski definition) is 2. The van der Waals surface area contributed by atoms with E-state index in [1.165, 1.54) is 11.1 Å². The normalized spacial score (nSPS) is 17.9. The van der Waals surface area contributed by atoms with Crippen LogP contribution in [0.5, 0.6) is 0 Å². The van der Waals surface area contributed by atoms with Crippen LogP contribution >= 0.6 is 15.9 Å². The Morgan fingerprint density at radius 1 is 1.47 bits per heavy atom. The maximum atomic E-state index is 11.4. The van der Waals surface area contributed by atoms with Crippen LogP contribution in [-0.2, 0) is 14.9 Å². The van der Waals surface area contributed by atoms with Crippen molar-refractivity contribution in [2.24, 2.45) is 5.41 Å². The molecule has 0 aromatic heterocycles. The van der Waals surface area contributed by atoms with Crippen LogP contribution in [0.4, 0.5) is 0 Å². The number of ether oxygens (including phenoxy) is 1. The van der Waals surface area contributed by atoms with E-state index >= 15 is 0 Å². The van der Waals surface area contributed by atoms with E-state index in [4.69, 9.17) is 4.74 Å². The highest BCUT2D eigenvalue weighted by molar-refractivity contribution is 9.10. The van der Waals surface area contributed by atoms with Gasteiger partial charge in [0.05, 0.1) is 18.6 Å². The lowest BCUT2D eigenvalue weighted by Crippen LogP contribution is -2.51. The minimum atomic E-state index is -0.758. The summed E-state index contributed by atoms with van der Waals surface area (Å²) in [6.07, 6.45) is 0.590. The average Bonchev–Trinajstić information content (AvgIpc) is 2.27. The largest absolute Gasteiger partial charge is 0.481 e. The second kappa shape index (κ2) is 4.91. The lowest BCUT2D eigenvalue weighted by atomic mass is 9.67. The van der Waals surface area contributed by atoms with Gasteiger partial charge in [-0.1, -0.05) is 22.0 Å². The molecule has 1 heterocycles. The number of carbonyl (C=O) groups is 1. The molecule has 0 bridgehead atoms. The van der Waals surface area contributed by atoms with Crippen LogP contribution in [0.1, 0.15) is 31.4 Å². The second-order valence-electron chi connectivity index (χ2n) is 6.10. The molecule has 0 unspecified atom stereocenters. The van der Waals surface area contributed by atoms with Gasteiger partial charge in [-0.3, -0.25) is 4.79 Å². The van der Waals surface area contributed by atoms with Gasteiger partial charge in [0.15, 0.2) is 0 Å². The number of carboxylic acids is 1. The topological polar surface area (TPSA) is 46.5 Å². The Bertz CT molecular complexity index is 504. The molecule has 1 aliphatic rings. The third-order valence-corrected chi connectivity index (χ3v) is 4.38. The summed E-state index contributed by atoms with van der Waals surface area (Å²) in [5.41, 5.74) is 1.46. The van der Waals surface area contributed by atoms with Crippen LogP contribution in [-0.4, -0.2) is 24.3 Å². The maximum absolute atomic E-state index is 11.4. The zero-order chi connectivity index (χ0) is 14.3. The monoisotopic (exact) mass is 326 g/mol. The summed E-state index contributed by atoms with van der Waals surface area (Å²) in [5.74, 6) is -0.758. The quantitative estimate of drug-likeness (QED) is 0.920. The van der Waals surface area contributed by atoms with Crippen LogP contribution in [0.15, 0.2) is 22.7 Å². The van der Waals surface area contributed by atoms with Gasteiger partial charge in [0.25, 0.3) is 0 Å². The molecule has 1 aliphatic heterocycles. The molecule has 0 aliphatic carbocycles. The summed E-state index contributed by atoms with van der Waals surface area (Å²) in [4.78, 5) is 11.4. The third kappa shape index (κ3) is 2.70. The molecule has 0 radical (unpaired) electrons. The highest BCUT2D eigenvalue weighted by Gasteiger charge is 2.47. The molecule has 0 saturated carbocycles. The van der Waals surface area contributed by atoms with Crippen molar-refractivity contribution in [3.63, 3.8) is 0 Å². The fourth-order valence-electron chi connectivity index (χ4n) is 2.79. The van der Waals surface area contributed by atoms with E-state index in [1.807, 2.05) is 6.07 Å². The van der Waals surface area contributed by atoms with E-state index in [1.54, 1.807) is 13.8 Å². The summed E-state index contributed by atoms with van der Waals surface area (Å²) in [5, 5.41) is 9.34. The van der Waals surface area contributed by atoms with E-state index in [0.717, 1.165) is 4.47 Å². The summed E-state index contributed by atoms with van der Waals surface area (Å²) in [6.45, 7) is 6.82. The summed E-state index contributed by atoms with van der Waals surface area (Å²) >= 11 is 3.49. The number of aryl methyl sites for hydroxylation is 1. The Hall–Kier alpha value is -0.870. The standard InChI is InChI=1S/C15H19BrO3/c1-10-4-5-11(16)6-12(10)15(8-19-9-15)7-14(2,3)13(17)18/h4-6H,7-9H2,1-3H3,(H,17,18). The zero-order valence-corrected chi connectivity index (χ0v) is 13.1. The van der Waals surface area contributed by atoms with Crippen molar-refractivity contribution in [1.82, 2.24) is 0 Å². The Balaban J connectivity index is 2.38. The lowest BCUT2D eigenvalue weighted by molar-refractivity contribution is -0.152. The number of rotatable bonds is 4. The van der Waals surface area contributed by atoms with Gasteiger partial charge < -0.3 is 9.84 Å². The molecule has 1 aromatic rings. The third-order valence-electron chi connectivity index (χ3n) is 3.89. The Kier molecular flexibility index (Phi) is 3.76. The predicted molar refractivity (Wildman–Crippen MR) is 77.4 cm³/mol. The van der Waals surface area contributed by atoms with Crippen molar-refractivity contribution in [3.8, 4) is 0 Å². The predicted octanol–water partition coefficient (Wildman–Crippen LogP) is 3.53. The van der Waals surface area contributed by atoms with E-state index < -0.39 is 11.4 Å². The summed E-state index contributed by atoms with van der Waals surface area (Å²) in [6, 6.07) is 6.16. The number of halogens is 1. The number of hydrogen-bond donors (Lipinski definition) is 1. The molecule has 0 amide bonds. The SMILES string of the molecule is Cc1ccc(Br)cc1C1(CC(C)(C)C(=O)O)COC1. The second-order valence-corrected chi connectivity index (χ2v) is 7.01. The van der Waals surface area contributed by atoms with Crippen molar-refractivity contribution in [2.45, 2.75) is 32.6 Å². The van der Waals surface area contributed by atoms with Crippen molar-refractivity contribution in [2.75, 3.05) is 13.2 Å². The van der Waals surface area contributed by atoms with Crippen molar-refractivity contribution in [3.05, 3.63) is 33.8 Å². The molecule has 0 spiro atoms. The van der Waals surface area contributed by atoms with Gasteiger partial charge in [-0.15, -0.1) is 0 Å². The molecule has 0 atom stereocenters. The smallest absolute Gasteiger partial charge is 0.309 e. The highest BCUT2D eigenvalue weighted by Crippen LogP contribution is 2.44. The van der Waals surface area contributed by atoms with Gasteiger partial charge in [0.1, 0.15) is 0 Å². The molecule has 1 saturated heterocycles. The lowest BCUT2D eigenvalue weighted by Gasteiger charge is -2.46. The van der Waals surface area contributed by atoms with Crippen LogP contribution in [0.2, 0.25) is 0 Å². The molecular formula is C15H19BrO3. The molecule has 104 valence electrons. The number of carboxylic acid groups (broad SMARTS) is 1. The highest BCUT2D eigenvalue weighted by atomic mass is 79.9. The molecule has 3 nitrogen and oxygen atoms in total. The van der Waals surface area contributed by atoms with E-state index in [2.05, 4.69) is 35.0 Å². The first kappa shape index (κ1) is 14.5. The molecule has 2 rings (SSSR count). The summed E-state index contributed by atoms with van der Waals surface area (Å²) < 4.78 is 6.43. The van der Waals surface area contributed by atoms with Crippen LogP contribution in [0.3, 0.4) is 0 Å². The van der Waals surface area contributed by atoms with Crippen LogP contribution < -0.4 is 0 Å². The minimum absolute atomic E-state index is 0.171. The van der Waals surface area contributed by atoms with Crippen molar-refractivity contribution >= 4 is 21.9 Å². The Morgan fingerprint density at radius 2 is 2.11 bits per heavy atom. The molecule has 1 N–H and O–H groups in total. The van der Waals surface area contributed by atoms with Crippen LogP contribution in [0, 0.1) is 12.3 Å². The van der Waals surface area contributed by atoms with E-state index in [9.17, 15) is 9.90 Å². The fraction of sp³-hybridized carbons (Fsp3) is 0.533. The number of benzene rings is 1. The van der Waals surface area contributed by atoms with Gasteiger partial charge in [-0.2, -0.15) is 0 Å². The maximum Gasteiger partial charge on any atom is 0.309 e. The Morgan fingerprint density at radius 3 is 2.58 bits per heavy atom. The molecular weight excluding hydrogens is 308 g/mol. The first-order valence-electron chi connectivity index (χ1n) is 6.35. The average molecular weight is 327 g/mol. The zero-order valence-electron chi connectivity index (χ0n) is 11.5. The molecule has 1 aromatic carbocycles. The van der Waals surface area contributed by atoms with Crippen LogP contribution in [0.25, 0.3) is 0 Å². The first-order valence-corrected chi connectivity index (χ1v) is 7.14. The summed E-state index contributed by atoms with van der Waals surface area (Å²) in [7, 11) is 0. The number of aliphatic carboxylic acids is 1.